The van der Waals surface area contributed by atoms with Gasteiger partial charge in [0.1, 0.15) is 11.1 Å². The molecule has 0 saturated heterocycles. The molecule has 1 unspecified atom stereocenters. The van der Waals surface area contributed by atoms with Gasteiger partial charge in [-0.05, 0) is 18.2 Å². The Hall–Kier alpha value is -1.54. The molecule has 2 rings (SSSR count). The Bertz CT molecular complexity index is 444. The van der Waals surface area contributed by atoms with E-state index >= 15 is 0 Å². The summed E-state index contributed by atoms with van der Waals surface area (Å²) in [5.74, 6) is 0.197. The van der Waals surface area contributed by atoms with E-state index in [0.29, 0.717) is 5.56 Å². The summed E-state index contributed by atoms with van der Waals surface area (Å²) in [4.78, 5) is 4.15. The predicted octanol–water partition coefficient (Wildman–Crippen LogP) is 3.12. The van der Waals surface area contributed by atoms with Gasteiger partial charge in [-0.2, -0.15) is 0 Å². The Morgan fingerprint density at radius 3 is 2.47 bits per heavy atom. The number of pyridine rings is 1. The molecule has 15 heavy (non-hydrogen) atoms. The molecule has 0 radical (unpaired) electrons. The average Bonchev–Trinajstić information content (AvgIpc) is 2.30. The van der Waals surface area contributed by atoms with Crippen molar-refractivity contribution in [2.45, 2.75) is 5.38 Å². The Balaban J connectivity index is 2.37. The number of benzene rings is 1. The van der Waals surface area contributed by atoms with Crippen LogP contribution < -0.4 is 0 Å². The van der Waals surface area contributed by atoms with Gasteiger partial charge in [0.15, 0.2) is 0 Å². The van der Waals surface area contributed by atoms with Crippen molar-refractivity contribution in [3.8, 4) is 5.75 Å². The van der Waals surface area contributed by atoms with Gasteiger partial charge in [0.05, 0.1) is 5.69 Å². The van der Waals surface area contributed by atoms with Crippen LogP contribution >= 0.6 is 11.6 Å². The Morgan fingerprint density at radius 2 is 1.80 bits per heavy atom. The normalized spacial score (nSPS) is 12.3. The molecule has 3 heteroatoms. The highest BCUT2D eigenvalue weighted by Crippen LogP contribution is 2.32. The molecule has 0 saturated carbocycles. The first-order valence-corrected chi connectivity index (χ1v) is 5.05. The first-order chi connectivity index (χ1) is 7.29. The number of phenols is 1. The van der Waals surface area contributed by atoms with Gasteiger partial charge in [0.25, 0.3) is 0 Å². The maximum atomic E-state index is 9.63. The lowest BCUT2D eigenvalue weighted by molar-refractivity contribution is 0.468. The highest BCUT2D eigenvalue weighted by molar-refractivity contribution is 6.22. The summed E-state index contributed by atoms with van der Waals surface area (Å²) >= 11 is 6.21. The minimum Gasteiger partial charge on any atom is -0.508 e. The quantitative estimate of drug-likeness (QED) is 0.788. The van der Waals surface area contributed by atoms with Crippen LogP contribution in [0.1, 0.15) is 16.6 Å². The SMILES string of the molecule is Oc1ccccc1C(Cl)c1ccccn1. The molecule has 2 nitrogen and oxygen atoms in total. The highest BCUT2D eigenvalue weighted by Gasteiger charge is 2.14. The van der Waals surface area contributed by atoms with E-state index in [1.807, 2.05) is 24.3 Å². The van der Waals surface area contributed by atoms with Crippen LogP contribution in [0.3, 0.4) is 0 Å². The number of halogens is 1. The monoisotopic (exact) mass is 219 g/mol. The topological polar surface area (TPSA) is 33.1 Å². The van der Waals surface area contributed by atoms with E-state index in [9.17, 15) is 5.11 Å². The highest BCUT2D eigenvalue weighted by atomic mass is 35.5. The molecule has 0 spiro atoms. The van der Waals surface area contributed by atoms with Crippen molar-refractivity contribution in [3.63, 3.8) is 0 Å². The van der Waals surface area contributed by atoms with Gasteiger partial charge in [-0.15, -0.1) is 11.6 Å². The third-order valence-electron chi connectivity index (χ3n) is 2.16. The Kier molecular flexibility index (Phi) is 2.88. The first-order valence-electron chi connectivity index (χ1n) is 4.62. The van der Waals surface area contributed by atoms with Crippen LogP contribution in [0, 0.1) is 0 Å². The molecule has 0 aliphatic carbocycles. The number of para-hydroxylation sites is 1. The van der Waals surface area contributed by atoms with E-state index in [4.69, 9.17) is 11.6 Å². The molecule has 2 aromatic rings. The molecule has 0 aliphatic heterocycles. The second-order valence-electron chi connectivity index (χ2n) is 3.18. The van der Waals surface area contributed by atoms with E-state index in [-0.39, 0.29) is 5.75 Å². The van der Waals surface area contributed by atoms with Crippen LogP contribution in [-0.2, 0) is 0 Å². The van der Waals surface area contributed by atoms with Crippen molar-refractivity contribution < 1.29 is 5.11 Å². The maximum absolute atomic E-state index is 9.63. The molecule has 76 valence electrons. The van der Waals surface area contributed by atoms with Gasteiger partial charge in [-0.1, -0.05) is 24.3 Å². The summed E-state index contributed by atoms with van der Waals surface area (Å²) in [5, 5.41) is 9.22. The molecule has 1 aromatic heterocycles. The summed E-state index contributed by atoms with van der Waals surface area (Å²) in [6, 6.07) is 12.6. The molecule has 0 amide bonds. The van der Waals surface area contributed by atoms with Crippen LogP contribution in [0.2, 0.25) is 0 Å². The summed E-state index contributed by atoms with van der Waals surface area (Å²) in [6.45, 7) is 0. The Labute approximate surface area is 93.2 Å². The summed E-state index contributed by atoms with van der Waals surface area (Å²) in [6.07, 6.45) is 1.69. The predicted molar refractivity (Wildman–Crippen MR) is 60.0 cm³/mol. The van der Waals surface area contributed by atoms with Crippen LogP contribution in [0.5, 0.6) is 5.75 Å². The smallest absolute Gasteiger partial charge is 0.120 e. The number of phenolic OH excluding ortho intramolecular Hbond substituents is 1. The minimum atomic E-state index is -0.410. The third kappa shape index (κ3) is 2.10. The number of nitrogens with zero attached hydrogens (tertiary/aromatic N) is 1. The lowest BCUT2D eigenvalue weighted by atomic mass is 10.1. The molecule has 0 fully saturated rings. The van der Waals surface area contributed by atoms with E-state index < -0.39 is 5.38 Å². The fourth-order valence-corrected chi connectivity index (χ4v) is 1.70. The summed E-state index contributed by atoms with van der Waals surface area (Å²) < 4.78 is 0. The van der Waals surface area contributed by atoms with Crippen molar-refractivity contribution in [2.75, 3.05) is 0 Å². The van der Waals surface area contributed by atoms with Gasteiger partial charge in [-0.25, -0.2) is 0 Å². The van der Waals surface area contributed by atoms with Crippen LogP contribution in [0.15, 0.2) is 48.7 Å². The van der Waals surface area contributed by atoms with Crippen LogP contribution in [-0.4, -0.2) is 10.1 Å². The van der Waals surface area contributed by atoms with E-state index in [1.165, 1.54) is 0 Å². The Morgan fingerprint density at radius 1 is 1.07 bits per heavy atom. The minimum absolute atomic E-state index is 0.197. The molecular weight excluding hydrogens is 210 g/mol. The molecule has 0 aliphatic rings. The first kappa shape index (κ1) is 9.99. The van der Waals surface area contributed by atoms with Gasteiger partial charge < -0.3 is 5.11 Å². The maximum Gasteiger partial charge on any atom is 0.120 e. The van der Waals surface area contributed by atoms with Crippen LogP contribution in [0.4, 0.5) is 0 Å². The second-order valence-corrected chi connectivity index (χ2v) is 3.61. The molecule has 1 N–H and O–H groups in total. The van der Waals surface area contributed by atoms with Gasteiger partial charge in [0, 0.05) is 11.8 Å². The van der Waals surface area contributed by atoms with Crippen LogP contribution in [0.25, 0.3) is 0 Å². The number of hydrogen-bond acceptors (Lipinski definition) is 2. The number of aromatic hydroxyl groups is 1. The number of aromatic nitrogens is 1. The number of rotatable bonds is 2. The van der Waals surface area contributed by atoms with Crippen molar-refractivity contribution in [3.05, 3.63) is 59.9 Å². The lowest BCUT2D eigenvalue weighted by Gasteiger charge is -2.10. The third-order valence-corrected chi connectivity index (χ3v) is 2.62. The van der Waals surface area contributed by atoms with Crippen molar-refractivity contribution in [2.24, 2.45) is 0 Å². The van der Waals surface area contributed by atoms with Gasteiger partial charge in [0.2, 0.25) is 0 Å². The van der Waals surface area contributed by atoms with E-state index in [2.05, 4.69) is 4.98 Å². The number of hydrogen-bond donors (Lipinski definition) is 1. The fraction of sp³-hybridized carbons (Fsp3) is 0.0833. The van der Waals surface area contributed by atoms with Gasteiger partial charge >= 0.3 is 0 Å². The number of alkyl halides is 1. The van der Waals surface area contributed by atoms with E-state index in [1.54, 1.807) is 24.4 Å². The lowest BCUT2D eigenvalue weighted by Crippen LogP contribution is -1.95. The standard InChI is InChI=1S/C12H10ClNO/c13-12(10-6-3-4-8-14-10)9-5-1-2-7-11(9)15/h1-8,12,15H. The largest absolute Gasteiger partial charge is 0.508 e. The van der Waals surface area contributed by atoms with Crippen molar-refractivity contribution in [1.82, 2.24) is 4.98 Å². The zero-order valence-corrected chi connectivity index (χ0v) is 8.72. The second kappa shape index (κ2) is 4.32. The summed E-state index contributed by atoms with van der Waals surface area (Å²) in [5.41, 5.74) is 1.42. The zero-order valence-electron chi connectivity index (χ0n) is 7.97. The molecule has 0 bridgehead atoms. The van der Waals surface area contributed by atoms with Crippen molar-refractivity contribution in [1.29, 1.82) is 0 Å². The molecular formula is C12H10ClNO. The van der Waals surface area contributed by atoms with Crippen molar-refractivity contribution >= 4 is 11.6 Å². The molecule has 1 aromatic carbocycles. The fourth-order valence-electron chi connectivity index (χ4n) is 1.39. The van der Waals surface area contributed by atoms with Gasteiger partial charge in [-0.3, -0.25) is 4.98 Å². The molecule has 1 atom stereocenters. The summed E-state index contributed by atoms with van der Waals surface area (Å²) in [7, 11) is 0. The zero-order chi connectivity index (χ0) is 10.7. The molecule has 1 heterocycles. The average molecular weight is 220 g/mol. The van der Waals surface area contributed by atoms with E-state index in [0.717, 1.165) is 5.69 Å².